The van der Waals surface area contributed by atoms with Crippen molar-refractivity contribution in [2.45, 2.75) is 16.4 Å². The molecule has 160 valence electrons. The number of carbonyl (C=O) groups excluding carboxylic acids is 1. The minimum atomic E-state index is -0.584. The molecule has 1 amide bonds. The topological polar surface area (TPSA) is 71.8 Å². The maximum atomic E-state index is 13.6. The number of hydrogen-bond acceptors (Lipinski definition) is 5. The number of amides is 1. The number of fused-ring (bicyclic) bond motifs is 1. The van der Waals surface area contributed by atoms with E-state index in [1.165, 1.54) is 23.9 Å². The highest BCUT2D eigenvalue weighted by Crippen LogP contribution is 2.39. The first-order valence-electron chi connectivity index (χ1n) is 9.84. The van der Waals surface area contributed by atoms with Gasteiger partial charge < -0.3 is 10.7 Å². The first-order valence-corrected chi connectivity index (χ1v) is 11.1. The van der Waals surface area contributed by atoms with Crippen molar-refractivity contribution in [3.05, 3.63) is 95.3 Å². The van der Waals surface area contributed by atoms with Crippen LogP contribution in [0.4, 0.5) is 10.1 Å². The number of nitrogens with zero attached hydrogens (tertiary/aromatic N) is 3. The molecule has 0 bridgehead atoms. The van der Waals surface area contributed by atoms with Crippen LogP contribution >= 0.6 is 23.4 Å². The van der Waals surface area contributed by atoms with Crippen molar-refractivity contribution in [1.29, 1.82) is 0 Å². The SMILES string of the molecule is O=C(Nc1cccc(Cl)c1)[C@@H]1Sc2nnc(-c3ccccc3)n2N[C@@H]1c1ccc(F)cc1. The van der Waals surface area contributed by atoms with Crippen LogP contribution in [0.2, 0.25) is 5.02 Å². The van der Waals surface area contributed by atoms with E-state index < -0.39 is 11.3 Å². The summed E-state index contributed by atoms with van der Waals surface area (Å²) in [5.74, 6) is 0.0654. The van der Waals surface area contributed by atoms with Crippen molar-refractivity contribution < 1.29 is 9.18 Å². The molecular weight excluding hydrogens is 449 g/mol. The number of benzene rings is 3. The summed E-state index contributed by atoms with van der Waals surface area (Å²) in [7, 11) is 0. The molecule has 1 aromatic heterocycles. The third kappa shape index (κ3) is 4.06. The molecule has 1 aliphatic rings. The summed E-state index contributed by atoms with van der Waals surface area (Å²) >= 11 is 7.35. The van der Waals surface area contributed by atoms with E-state index in [9.17, 15) is 9.18 Å². The van der Waals surface area contributed by atoms with Gasteiger partial charge in [-0.15, -0.1) is 10.2 Å². The molecule has 6 nitrogen and oxygen atoms in total. The Morgan fingerprint density at radius 1 is 1.03 bits per heavy atom. The molecule has 0 radical (unpaired) electrons. The minimum absolute atomic E-state index is 0.227. The molecular formula is C23H17ClFN5OS. The van der Waals surface area contributed by atoms with Crippen LogP contribution in [0.25, 0.3) is 11.4 Å². The molecule has 3 aromatic carbocycles. The molecule has 2 atom stereocenters. The highest BCUT2D eigenvalue weighted by Gasteiger charge is 2.38. The molecule has 9 heteroatoms. The van der Waals surface area contributed by atoms with E-state index in [-0.39, 0.29) is 11.7 Å². The highest BCUT2D eigenvalue weighted by atomic mass is 35.5. The van der Waals surface area contributed by atoms with Gasteiger partial charge in [0, 0.05) is 16.3 Å². The number of carbonyl (C=O) groups is 1. The molecule has 32 heavy (non-hydrogen) atoms. The second-order valence-electron chi connectivity index (χ2n) is 7.20. The van der Waals surface area contributed by atoms with Crippen LogP contribution in [0.15, 0.2) is 84.0 Å². The summed E-state index contributed by atoms with van der Waals surface area (Å²) in [6, 6.07) is 22.3. The summed E-state index contributed by atoms with van der Waals surface area (Å²) in [6.07, 6.45) is 0. The maximum absolute atomic E-state index is 13.6. The van der Waals surface area contributed by atoms with E-state index >= 15 is 0 Å². The molecule has 0 saturated heterocycles. The number of anilines is 1. The zero-order valence-electron chi connectivity index (χ0n) is 16.6. The van der Waals surface area contributed by atoms with Gasteiger partial charge in [0.2, 0.25) is 11.1 Å². The third-order valence-electron chi connectivity index (χ3n) is 5.05. The van der Waals surface area contributed by atoms with Gasteiger partial charge in [-0.2, -0.15) is 0 Å². The molecule has 5 rings (SSSR count). The molecule has 0 aliphatic carbocycles. The van der Waals surface area contributed by atoms with E-state index in [4.69, 9.17) is 11.6 Å². The lowest BCUT2D eigenvalue weighted by Crippen LogP contribution is -2.41. The fourth-order valence-corrected chi connectivity index (χ4v) is 4.80. The smallest absolute Gasteiger partial charge is 0.240 e. The Balaban J connectivity index is 1.51. The Bertz CT molecular complexity index is 1270. The standard InChI is InChI=1S/C23H17ClFN5OS/c24-16-7-4-8-18(13-16)26-22(31)20-19(14-9-11-17(25)12-10-14)29-30-21(27-28-23(30)32-20)15-5-2-1-3-6-15/h1-13,19-20,29H,(H,26,31)/t19-,20-/m1/s1. The van der Waals surface area contributed by atoms with Gasteiger partial charge in [-0.3, -0.25) is 4.79 Å². The van der Waals surface area contributed by atoms with Gasteiger partial charge in [0.25, 0.3) is 0 Å². The van der Waals surface area contributed by atoms with Crippen molar-refractivity contribution in [2.75, 3.05) is 10.7 Å². The predicted octanol–water partition coefficient (Wildman–Crippen LogP) is 5.14. The Morgan fingerprint density at radius 2 is 1.81 bits per heavy atom. The van der Waals surface area contributed by atoms with Gasteiger partial charge in [0.05, 0.1) is 6.04 Å². The van der Waals surface area contributed by atoms with Crippen LogP contribution in [-0.2, 0) is 4.79 Å². The van der Waals surface area contributed by atoms with Crippen molar-refractivity contribution >= 4 is 35.0 Å². The average molecular weight is 466 g/mol. The second-order valence-corrected chi connectivity index (χ2v) is 8.75. The number of halogens is 2. The zero-order chi connectivity index (χ0) is 22.1. The number of thioether (sulfide) groups is 1. The van der Waals surface area contributed by atoms with Gasteiger partial charge >= 0.3 is 0 Å². The molecule has 0 fully saturated rings. The summed E-state index contributed by atoms with van der Waals surface area (Å²) in [4.78, 5) is 13.3. The normalized spacial score (nSPS) is 17.3. The molecule has 0 unspecified atom stereocenters. The maximum Gasteiger partial charge on any atom is 0.240 e. The van der Waals surface area contributed by atoms with Gasteiger partial charge in [-0.05, 0) is 35.9 Å². The van der Waals surface area contributed by atoms with E-state index in [2.05, 4.69) is 20.9 Å². The molecule has 0 saturated carbocycles. The highest BCUT2D eigenvalue weighted by molar-refractivity contribution is 8.00. The van der Waals surface area contributed by atoms with Crippen LogP contribution < -0.4 is 10.7 Å². The molecule has 2 heterocycles. The van der Waals surface area contributed by atoms with Crippen LogP contribution in [0, 0.1) is 5.82 Å². The van der Waals surface area contributed by atoms with Gasteiger partial charge in [0.15, 0.2) is 5.82 Å². The lowest BCUT2D eigenvalue weighted by atomic mass is 10.0. The fraction of sp³-hybridized carbons (Fsp3) is 0.0870. The Kier molecular flexibility index (Phi) is 5.55. The van der Waals surface area contributed by atoms with Crippen LogP contribution in [0.3, 0.4) is 0 Å². The second kappa shape index (κ2) is 8.64. The minimum Gasteiger partial charge on any atom is -0.325 e. The monoisotopic (exact) mass is 465 g/mol. The van der Waals surface area contributed by atoms with Crippen molar-refractivity contribution in [1.82, 2.24) is 14.9 Å². The Morgan fingerprint density at radius 3 is 2.56 bits per heavy atom. The predicted molar refractivity (Wildman–Crippen MR) is 124 cm³/mol. The number of aromatic nitrogens is 3. The zero-order valence-corrected chi connectivity index (χ0v) is 18.1. The van der Waals surface area contributed by atoms with Gasteiger partial charge in [-0.1, -0.05) is 71.9 Å². The Hall–Kier alpha value is -3.36. The van der Waals surface area contributed by atoms with Crippen molar-refractivity contribution in [3.8, 4) is 11.4 Å². The molecule has 2 N–H and O–H groups in total. The lowest BCUT2D eigenvalue weighted by Gasteiger charge is -2.33. The van der Waals surface area contributed by atoms with Crippen LogP contribution in [-0.4, -0.2) is 26.0 Å². The van der Waals surface area contributed by atoms with Crippen molar-refractivity contribution in [3.63, 3.8) is 0 Å². The molecule has 0 spiro atoms. The summed E-state index contributed by atoms with van der Waals surface area (Å²) in [5, 5.41) is 12.0. The quantitative estimate of drug-likeness (QED) is 0.437. The number of nitrogens with one attached hydrogen (secondary N) is 2. The van der Waals surface area contributed by atoms with Gasteiger partial charge in [0.1, 0.15) is 11.1 Å². The van der Waals surface area contributed by atoms with Crippen molar-refractivity contribution in [2.24, 2.45) is 0 Å². The molecule has 4 aromatic rings. The summed E-state index contributed by atoms with van der Waals surface area (Å²) in [5.41, 5.74) is 5.62. The molecule has 1 aliphatic heterocycles. The van der Waals surface area contributed by atoms with Gasteiger partial charge in [-0.25, -0.2) is 9.07 Å². The Labute approximate surface area is 192 Å². The largest absolute Gasteiger partial charge is 0.325 e. The summed E-state index contributed by atoms with van der Waals surface area (Å²) in [6.45, 7) is 0. The number of rotatable bonds is 4. The lowest BCUT2D eigenvalue weighted by molar-refractivity contribution is -0.116. The fourth-order valence-electron chi connectivity index (χ4n) is 3.53. The van der Waals surface area contributed by atoms with E-state index in [0.717, 1.165) is 11.1 Å². The third-order valence-corrected chi connectivity index (χ3v) is 6.50. The van der Waals surface area contributed by atoms with E-state index in [1.54, 1.807) is 41.1 Å². The average Bonchev–Trinajstić information content (AvgIpc) is 3.22. The summed E-state index contributed by atoms with van der Waals surface area (Å²) < 4.78 is 15.3. The first kappa shape index (κ1) is 20.5. The van der Waals surface area contributed by atoms with E-state index in [0.29, 0.717) is 21.7 Å². The first-order chi connectivity index (χ1) is 15.6. The van der Waals surface area contributed by atoms with Crippen LogP contribution in [0.1, 0.15) is 11.6 Å². The van der Waals surface area contributed by atoms with Crippen LogP contribution in [0.5, 0.6) is 0 Å². The van der Waals surface area contributed by atoms with E-state index in [1.807, 2.05) is 30.3 Å². The number of hydrogen-bond donors (Lipinski definition) is 2.